The van der Waals surface area contributed by atoms with Crippen LogP contribution < -0.4 is 9.64 Å². The number of hydrogen-bond acceptors (Lipinski definition) is 7. The standard InChI is InChI=1S/C27H24N2O4S3/c1-2-33-17-10-12(8-9-16(17)30)18-19-14-11-15(22(19)35-24-23(18)36-27(34)28-24)21-20(14)25(31)29(26(21)32)13-6-4-3-5-7-13/h3-10,14-15,18-22,30H,2,11H2,1H3,(H,28,34). The number of fused-ring (bicyclic) bond motifs is 9. The first-order valence-electron chi connectivity index (χ1n) is 12.3. The van der Waals surface area contributed by atoms with Crippen molar-refractivity contribution in [1.29, 1.82) is 0 Å². The summed E-state index contributed by atoms with van der Waals surface area (Å²) in [5.74, 6) is 0.396. The number of aromatic nitrogens is 1. The number of carbonyl (C=O) groups is 2. The quantitative estimate of drug-likeness (QED) is 0.334. The second-order valence-corrected chi connectivity index (χ2v) is 12.9. The number of thioether (sulfide) groups is 1. The van der Waals surface area contributed by atoms with Gasteiger partial charge in [-0.25, -0.2) is 0 Å². The number of anilines is 1. The molecule has 1 saturated heterocycles. The molecule has 2 aromatic carbocycles. The lowest BCUT2D eigenvalue weighted by atomic mass is 9.68. The topological polar surface area (TPSA) is 82.6 Å². The fourth-order valence-electron chi connectivity index (χ4n) is 7.22. The van der Waals surface area contributed by atoms with Gasteiger partial charge < -0.3 is 14.8 Å². The van der Waals surface area contributed by atoms with Gasteiger partial charge in [0.25, 0.3) is 0 Å². The highest BCUT2D eigenvalue weighted by molar-refractivity contribution is 8.00. The fraction of sp³-hybridized carbons (Fsp3) is 0.370. The number of amides is 2. The molecule has 7 unspecified atom stereocenters. The number of hydrogen-bond donors (Lipinski definition) is 2. The Kier molecular flexibility index (Phi) is 5.14. The van der Waals surface area contributed by atoms with Crippen LogP contribution >= 0.6 is 35.3 Å². The van der Waals surface area contributed by atoms with Gasteiger partial charge in [-0.15, -0.1) is 23.1 Å². The van der Waals surface area contributed by atoms with E-state index in [1.165, 1.54) is 9.78 Å². The summed E-state index contributed by atoms with van der Waals surface area (Å²) in [4.78, 5) is 33.4. The predicted octanol–water partition coefficient (Wildman–Crippen LogP) is 5.59. The average molecular weight is 537 g/mol. The summed E-state index contributed by atoms with van der Waals surface area (Å²) in [7, 11) is 0. The number of carbonyl (C=O) groups excluding carboxylic acids is 2. The van der Waals surface area contributed by atoms with Crippen molar-refractivity contribution in [3.63, 3.8) is 0 Å². The summed E-state index contributed by atoms with van der Waals surface area (Å²) >= 11 is 8.93. The number of rotatable bonds is 4. The van der Waals surface area contributed by atoms with Gasteiger partial charge in [0, 0.05) is 16.0 Å². The number of thiazole rings is 1. The van der Waals surface area contributed by atoms with E-state index in [0.717, 1.165) is 21.0 Å². The van der Waals surface area contributed by atoms with Crippen LogP contribution in [0.3, 0.4) is 0 Å². The van der Waals surface area contributed by atoms with E-state index >= 15 is 0 Å². The molecule has 3 fully saturated rings. The molecule has 2 bridgehead atoms. The Bertz CT molecular complexity index is 1450. The van der Waals surface area contributed by atoms with Crippen LogP contribution in [0.2, 0.25) is 0 Å². The molecule has 1 aromatic heterocycles. The minimum Gasteiger partial charge on any atom is -0.504 e. The van der Waals surface area contributed by atoms with Crippen LogP contribution in [-0.2, 0) is 9.59 Å². The Balaban J connectivity index is 1.33. The van der Waals surface area contributed by atoms with E-state index in [1.54, 1.807) is 29.2 Å². The van der Waals surface area contributed by atoms with Crippen molar-refractivity contribution in [1.82, 2.24) is 4.98 Å². The second-order valence-electron chi connectivity index (χ2n) is 9.97. The summed E-state index contributed by atoms with van der Waals surface area (Å²) in [6, 6.07) is 14.9. The van der Waals surface area contributed by atoms with Crippen LogP contribution in [0.4, 0.5) is 5.69 Å². The van der Waals surface area contributed by atoms with Gasteiger partial charge in [-0.3, -0.25) is 14.5 Å². The minimum atomic E-state index is -0.288. The number of nitrogens with one attached hydrogen (secondary N) is 1. The summed E-state index contributed by atoms with van der Waals surface area (Å²) in [6.07, 6.45) is 0.889. The first kappa shape index (κ1) is 22.6. The van der Waals surface area contributed by atoms with E-state index in [-0.39, 0.29) is 58.3 Å². The van der Waals surface area contributed by atoms with Gasteiger partial charge in [-0.2, -0.15) is 0 Å². The lowest BCUT2D eigenvalue weighted by Crippen LogP contribution is -2.42. The fourth-order valence-corrected chi connectivity index (χ4v) is 10.6. The number of H-pyrrole nitrogens is 1. The first-order valence-corrected chi connectivity index (χ1v) is 14.4. The van der Waals surface area contributed by atoms with Crippen LogP contribution in [0, 0.1) is 33.5 Å². The molecule has 2 N–H and O–H groups in total. The minimum absolute atomic E-state index is 0.0219. The molecule has 36 heavy (non-hydrogen) atoms. The van der Waals surface area contributed by atoms with E-state index in [2.05, 4.69) is 4.98 Å². The predicted molar refractivity (Wildman–Crippen MR) is 141 cm³/mol. The number of aromatic amines is 1. The van der Waals surface area contributed by atoms with Crippen molar-refractivity contribution in [2.24, 2.45) is 29.6 Å². The van der Waals surface area contributed by atoms with Crippen LogP contribution in [0.15, 0.2) is 53.6 Å². The van der Waals surface area contributed by atoms with Crippen LogP contribution in [-0.4, -0.2) is 33.8 Å². The maximum Gasteiger partial charge on any atom is 0.238 e. The van der Waals surface area contributed by atoms with E-state index in [0.29, 0.717) is 18.0 Å². The zero-order valence-corrected chi connectivity index (χ0v) is 21.9. The molecule has 3 aromatic rings. The second kappa shape index (κ2) is 8.19. The number of benzene rings is 2. The maximum absolute atomic E-state index is 13.8. The third kappa shape index (κ3) is 3.05. The summed E-state index contributed by atoms with van der Waals surface area (Å²) < 4.78 is 6.45. The smallest absolute Gasteiger partial charge is 0.238 e. The van der Waals surface area contributed by atoms with Gasteiger partial charge in [-0.05, 0) is 73.1 Å². The van der Waals surface area contributed by atoms with E-state index in [1.807, 2.05) is 49.4 Å². The van der Waals surface area contributed by atoms with Crippen LogP contribution in [0.1, 0.15) is 29.7 Å². The largest absolute Gasteiger partial charge is 0.504 e. The molecule has 2 aliphatic carbocycles. The molecule has 3 heterocycles. The number of nitrogens with zero attached hydrogens (tertiary/aromatic N) is 1. The lowest BCUT2D eigenvalue weighted by molar-refractivity contribution is -0.123. The molecule has 184 valence electrons. The van der Waals surface area contributed by atoms with Gasteiger partial charge in [0.15, 0.2) is 15.5 Å². The monoisotopic (exact) mass is 536 g/mol. The van der Waals surface area contributed by atoms with E-state index < -0.39 is 0 Å². The molecule has 4 aliphatic rings. The Morgan fingerprint density at radius 2 is 1.86 bits per heavy atom. The number of imide groups is 1. The number of phenolic OH excluding ortho intramolecular Hbond substituents is 1. The zero-order valence-electron chi connectivity index (χ0n) is 19.4. The van der Waals surface area contributed by atoms with Crippen LogP contribution in [0.5, 0.6) is 11.5 Å². The molecular weight excluding hydrogens is 513 g/mol. The highest BCUT2D eigenvalue weighted by atomic mass is 32.2. The number of ether oxygens (including phenoxy) is 1. The average Bonchev–Trinajstić information content (AvgIpc) is 3.60. The Morgan fingerprint density at radius 1 is 1.11 bits per heavy atom. The highest BCUT2D eigenvalue weighted by Gasteiger charge is 2.69. The molecule has 7 rings (SSSR count). The lowest BCUT2D eigenvalue weighted by Gasteiger charge is -2.43. The molecule has 6 nitrogen and oxygen atoms in total. The van der Waals surface area contributed by atoms with Gasteiger partial charge in [0.1, 0.15) is 0 Å². The van der Waals surface area contributed by atoms with Crippen molar-refractivity contribution in [2.75, 3.05) is 11.5 Å². The number of aromatic hydroxyl groups is 1. The number of phenols is 1. The van der Waals surface area contributed by atoms with E-state index in [9.17, 15) is 14.7 Å². The first-order chi connectivity index (χ1) is 17.5. The summed E-state index contributed by atoms with van der Waals surface area (Å²) in [5.41, 5.74) is 1.72. The molecule has 0 spiro atoms. The molecule has 2 aliphatic heterocycles. The molecular formula is C27H24N2O4S3. The Morgan fingerprint density at radius 3 is 2.61 bits per heavy atom. The third-order valence-electron chi connectivity index (χ3n) is 8.38. The van der Waals surface area contributed by atoms with Gasteiger partial charge in [-0.1, -0.05) is 24.3 Å². The Labute approximate surface area is 221 Å². The molecule has 2 amide bonds. The van der Waals surface area contributed by atoms with Crippen molar-refractivity contribution in [3.05, 3.63) is 62.9 Å². The molecule has 2 saturated carbocycles. The normalized spacial score (nSPS) is 31.9. The van der Waals surface area contributed by atoms with Crippen molar-refractivity contribution >= 4 is 52.8 Å². The zero-order chi connectivity index (χ0) is 24.7. The van der Waals surface area contributed by atoms with Crippen molar-refractivity contribution in [2.45, 2.75) is 29.5 Å². The highest BCUT2D eigenvalue weighted by Crippen LogP contribution is 2.69. The van der Waals surface area contributed by atoms with Crippen LogP contribution in [0.25, 0.3) is 0 Å². The van der Waals surface area contributed by atoms with E-state index in [4.69, 9.17) is 17.0 Å². The van der Waals surface area contributed by atoms with Crippen molar-refractivity contribution in [3.8, 4) is 11.5 Å². The summed E-state index contributed by atoms with van der Waals surface area (Å²) in [6.45, 7) is 2.35. The summed E-state index contributed by atoms with van der Waals surface area (Å²) in [5, 5.41) is 11.6. The molecule has 9 heteroatoms. The number of para-hydroxylation sites is 1. The SMILES string of the molecule is CCOc1cc(C2c3sc(=S)[nH]c3SC3C4CC(C5C(=O)N(c6ccccc6)C(=O)C45)C23)ccc1O. The van der Waals surface area contributed by atoms with Crippen molar-refractivity contribution < 1.29 is 19.4 Å². The molecule has 7 atom stereocenters. The maximum atomic E-state index is 13.8. The third-order valence-corrected chi connectivity index (χ3v) is 11.3. The van der Waals surface area contributed by atoms with Gasteiger partial charge in [0.05, 0.1) is 29.2 Å². The molecule has 0 radical (unpaired) electrons. The van der Waals surface area contributed by atoms with Gasteiger partial charge in [0.2, 0.25) is 11.8 Å². The van der Waals surface area contributed by atoms with Gasteiger partial charge >= 0.3 is 0 Å². The Hall–Kier alpha value is -2.62.